The Morgan fingerprint density at radius 2 is 2.17 bits per heavy atom. The van der Waals surface area contributed by atoms with Crippen molar-refractivity contribution >= 4 is 11.5 Å². The van der Waals surface area contributed by atoms with E-state index in [2.05, 4.69) is 0 Å². The van der Waals surface area contributed by atoms with Crippen LogP contribution >= 0.6 is 0 Å². The maximum Gasteiger partial charge on any atom is 0.270 e. The Morgan fingerprint density at radius 1 is 1.50 bits per heavy atom. The maximum atomic E-state index is 12.1. The molecule has 98 valence electrons. The monoisotopic (exact) mass is 258 g/mol. The van der Waals surface area contributed by atoms with Crippen molar-refractivity contribution < 1.29 is 18.5 Å². The second-order valence-electron chi connectivity index (χ2n) is 3.82. The van der Waals surface area contributed by atoms with Crippen molar-refractivity contribution in [3.63, 3.8) is 0 Å². The molecule has 0 radical (unpaired) electrons. The number of nitro benzene ring substituents is 1. The topological polar surface area (TPSA) is 63.5 Å². The smallest absolute Gasteiger partial charge is 0.270 e. The molecule has 0 amide bonds. The van der Waals surface area contributed by atoms with Crippen LogP contribution in [0.25, 0.3) is 0 Å². The van der Waals surface area contributed by atoms with Gasteiger partial charge in [0.2, 0.25) is 0 Å². The summed E-state index contributed by atoms with van der Waals surface area (Å²) in [7, 11) is 1.39. The van der Waals surface area contributed by atoms with Crippen LogP contribution < -0.4 is 0 Å². The zero-order valence-corrected chi connectivity index (χ0v) is 9.68. The molecule has 0 atom stereocenters. The van der Waals surface area contributed by atoms with Crippen LogP contribution in [0.2, 0.25) is 0 Å². The average Bonchev–Trinajstić information content (AvgIpc) is 2.27. The van der Waals surface area contributed by atoms with Crippen LogP contribution in [-0.4, -0.2) is 42.2 Å². The molecule has 18 heavy (non-hydrogen) atoms. The number of nitrogens with zero attached hydrogens (tertiary/aromatic N) is 2. The first-order valence-electron chi connectivity index (χ1n) is 5.14. The highest BCUT2D eigenvalue weighted by Gasteiger charge is 2.15. The van der Waals surface area contributed by atoms with Gasteiger partial charge in [0.1, 0.15) is 0 Å². The molecule has 0 bridgehead atoms. The molecule has 0 heterocycles. The molecule has 5 nitrogen and oxygen atoms in total. The summed E-state index contributed by atoms with van der Waals surface area (Å²) in [6.45, 7) is -0.716. The minimum Gasteiger partial charge on any atom is -0.293 e. The molecule has 0 fully saturated rings. The number of carbonyl (C=O) groups is 1. The van der Waals surface area contributed by atoms with Gasteiger partial charge in [0.05, 0.1) is 18.0 Å². The lowest BCUT2D eigenvalue weighted by molar-refractivity contribution is -0.384. The minimum atomic E-state index is -2.52. The van der Waals surface area contributed by atoms with Gasteiger partial charge >= 0.3 is 0 Å². The number of likely N-dealkylation sites (N-methyl/N-ethyl adjacent to an activating group) is 1. The van der Waals surface area contributed by atoms with Gasteiger partial charge in [-0.2, -0.15) is 0 Å². The van der Waals surface area contributed by atoms with Crippen LogP contribution in [0.15, 0.2) is 24.3 Å². The molecule has 0 saturated carbocycles. The number of nitro groups is 1. The van der Waals surface area contributed by atoms with Crippen molar-refractivity contribution in [3.05, 3.63) is 39.9 Å². The normalized spacial score (nSPS) is 10.9. The number of alkyl halides is 2. The van der Waals surface area contributed by atoms with Crippen LogP contribution in [0.1, 0.15) is 10.4 Å². The third kappa shape index (κ3) is 4.17. The van der Waals surface area contributed by atoms with Gasteiger partial charge < -0.3 is 0 Å². The number of rotatable bonds is 6. The first kappa shape index (κ1) is 14.2. The van der Waals surface area contributed by atoms with E-state index in [1.54, 1.807) is 0 Å². The first-order valence-corrected chi connectivity index (χ1v) is 5.14. The Kier molecular flexibility index (Phi) is 4.85. The van der Waals surface area contributed by atoms with Gasteiger partial charge in [-0.15, -0.1) is 0 Å². The van der Waals surface area contributed by atoms with E-state index in [0.29, 0.717) is 0 Å². The fourth-order valence-electron chi connectivity index (χ4n) is 1.43. The molecule has 0 aliphatic heterocycles. The molecule has 0 N–H and O–H groups in total. The molecule has 0 aromatic heterocycles. The van der Waals surface area contributed by atoms with E-state index < -0.39 is 23.7 Å². The molecule has 1 rings (SSSR count). The summed E-state index contributed by atoms with van der Waals surface area (Å²) in [4.78, 5) is 22.8. The van der Waals surface area contributed by atoms with Crippen LogP contribution in [0.4, 0.5) is 14.5 Å². The molecule has 0 saturated heterocycles. The van der Waals surface area contributed by atoms with Crippen LogP contribution in [-0.2, 0) is 0 Å². The van der Waals surface area contributed by atoms with Gasteiger partial charge in [-0.3, -0.25) is 19.8 Å². The molecule has 0 aliphatic rings. The van der Waals surface area contributed by atoms with Crippen molar-refractivity contribution in [2.45, 2.75) is 6.43 Å². The molecule has 1 aromatic rings. The van der Waals surface area contributed by atoms with E-state index in [4.69, 9.17) is 0 Å². The summed E-state index contributed by atoms with van der Waals surface area (Å²) in [5, 5.41) is 10.5. The van der Waals surface area contributed by atoms with E-state index in [1.165, 1.54) is 30.1 Å². The molecular formula is C11H12F2N2O3. The number of benzene rings is 1. The highest BCUT2D eigenvalue weighted by molar-refractivity contribution is 5.98. The fourth-order valence-corrected chi connectivity index (χ4v) is 1.43. The van der Waals surface area contributed by atoms with Gasteiger partial charge in [0.25, 0.3) is 12.1 Å². The van der Waals surface area contributed by atoms with E-state index in [1.807, 2.05) is 0 Å². The van der Waals surface area contributed by atoms with Gasteiger partial charge in [-0.05, 0) is 7.05 Å². The van der Waals surface area contributed by atoms with E-state index in [0.717, 1.165) is 6.07 Å². The number of Topliss-reactive ketones (excluding diaryl/α,β-unsaturated/α-hetero) is 1. The molecule has 0 unspecified atom stereocenters. The third-order valence-electron chi connectivity index (χ3n) is 2.24. The molecule has 0 spiro atoms. The summed E-state index contributed by atoms with van der Waals surface area (Å²) in [6.07, 6.45) is -2.52. The predicted octanol–water partition coefficient (Wildman–Crippen LogP) is 1.97. The lowest BCUT2D eigenvalue weighted by atomic mass is 10.1. The second-order valence-corrected chi connectivity index (χ2v) is 3.82. The third-order valence-corrected chi connectivity index (χ3v) is 2.24. The standard InChI is InChI=1S/C11H12F2N2O3/c1-14(7-11(12)13)6-10(16)8-3-2-4-9(5-8)15(17)18/h2-5,11H,6-7H2,1H3. The summed E-state index contributed by atoms with van der Waals surface area (Å²) in [6, 6.07) is 5.21. The van der Waals surface area contributed by atoms with E-state index >= 15 is 0 Å². The van der Waals surface area contributed by atoms with Crippen molar-refractivity contribution in [3.8, 4) is 0 Å². The summed E-state index contributed by atoms with van der Waals surface area (Å²) < 4.78 is 24.1. The first-order chi connectivity index (χ1) is 8.40. The lowest BCUT2D eigenvalue weighted by Crippen LogP contribution is -2.30. The van der Waals surface area contributed by atoms with E-state index in [9.17, 15) is 23.7 Å². The molecule has 1 aromatic carbocycles. The SMILES string of the molecule is CN(CC(=O)c1cccc([N+](=O)[O-])c1)CC(F)F. The Labute approximate surface area is 102 Å². The van der Waals surface area contributed by atoms with Crippen LogP contribution in [0.5, 0.6) is 0 Å². The Morgan fingerprint density at radius 3 is 2.72 bits per heavy atom. The molecular weight excluding hydrogens is 246 g/mol. The van der Waals surface area contributed by atoms with Gasteiger partial charge in [-0.25, -0.2) is 8.78 Å². The van der Waals surface area contributed by atoms with Crippen molar-refractivity contribution in [2.75, 3.05) is 20.1 Å². The van der Waals surface area contributed by atoms with Crippen molar-refractivity contribution in [1.82, 2.24) is 4.90 Å². The fraction of sp³-hybridized carbons (Fsp3) is 0.364. The number of halogens is 2. The maximum absolute atomic E-state index is 12.1. The largest absolute Gasteiger partial charge is 0.293 e. The van der Waals surface area contributed by atoms with Crippen LogP contribution in [0.3, 0.4) is 0 Å². The summed E-state index contributed by atoms with van der Waals surface area (Å²) in [5.41, 5.74) is -0.0531. The Hall–Kier alpha value is -1.89. The van der Waals surface area contributed by atoms with E-state index in [-0.39, 0.29) is 17.8 Å². The van der Waals surface area contributed by atoms with Crippen molar-refractivity contribution in [1.29, 1.82) is 0 Å². The predicted molar refractivity (Wildman–Crippen MR) is 60.9 cm³/mol. The van der Waals surface area contributed by atoms with Gasteiger partial charge in [-0.1, -0.05) is 12.1 Å². The number of hydrogen-bond acceptors (Lipinski definition) is 4. The zero-order valence-electron chi connectivity index (χ0n) is 9.68. The zero-order chi connectivity index (χ0) is 13.7. The van der Waals surface area contributed by atoms with Gasteiger partial charge in [0, 0.05) is 17.7 Å². The summed E-state index contributed by atoms with van der Waals surface area (Å²) in [5.74, 6) is -0.429. The second kappa shape index (κ2) is 6.15. The quantitative estimate of drug-likeness (QED) is 0.444. The number of non-ortho nitro benzene ring substituents is 1. The molecule has 0 aliphatic carbocycles. The Balaban J connectivity index is 2.72. The number of ketones is 1. The Bertz CT molecular complexity index is 452. The summed E-state index contributed by atoms with van der Waals surface area (Å²) >= 11 is 0. The lowest BCUT2D eigenvalue weighted by Gasteiger charge is -2.14. The minimum absolute atomic E-state index is 0.144. The van der Waals surface area contributed by atoms with Crippen LogP contribution in [0, 0.1) is 10.1 Å². The van der Waals surface area contributed by atoms with Crippen molar-refractivity contribution in [2.24, 2.45) is 0 Å². The molecule has 7 heteroatoms. The highest BCUT2D eigenvalue weighted by atomic mass is 19.3. The van der Waals surface area contributed by atoms with Gasteiger partial charge in [0.15, 0.2) is 5.78 Å². The number of carbonyl (C=O) groups excluding carboxylic acids is 1. The number of hydrogen-bond donors (Lipinski definition) is 0. The average molecular weight is 258 g/mol. The highest BCUT2D eigenvalue weighted by Crippen LogP contribution is 2.13.